The molecule has 1 saturated heterocycles. The molecule has 120 valence electrons. The van der Waals surface area contributed by atoms with Crippen molar-refractivity contribution < 1.29 is 9.59 Å². The molecule has 22 heavy (non-hydrogen) atoms. The highest BCUT2D eigenvalue weighted by Crippen LogP contribution is 2.29. The van der Waals surface area contributed by atoms with E-state index in [-0.39, 0.29) is 11.9 Å². The van der Waals surface area contributed by atoms with Gasteiger partial charge in [0, 0.05) is 25.3 Å². The summed E-state index contributed by atoms with van der Waals surface area (Å²) in [4.78, 5) is 25.1. The van der Waals surface area contributed by atoms with E-state index in [1.165, 1.54) is 0 Å². The molecule has 1 aliphatic heterocycles. The van der Waals surface area contributed by atoms with Crippen LogP contribution < -0.4 is 20.9 Å². The third-order valence-corrected chi connectivity index (χ3v) is 3.56. The molecule has 1 fully saturated rings. The summed E-state index contributed by atoms with van der Waals surface area (Å²) in [6.07, 6.45) is 0. The fourth-order valence-electron chi connectivity index (χ4n) is 2.16. The van der Waals surface area contributed by atoms with Crippen molar-refractivity contribution >= 4 is 34.9 Å². The van der Waals surface area contributed by atoms with Crippen molar-refractivity contribution in [2.75, 3.05) is 36.4 Å². The number of carbonyl (C=O) groups is 2. The number of benzene rings is 1. The summed E-state index contributed by atoms with van der Waals surface area (Å²) in [5.41, 5.74) is 1.42. The number of carbonyl (C=O) groups excluding carboxylic acids is 2. The molecule has 1 aromatic carbocycles. The summed E-state index contributed by atoms with van der Waals surface area (Å²) >= 11 is 6.28. The van der Waals surface area contributed by atoms with Gasteiger partial charge < -0.3 is 20.9 Å². The van der Waals surface area contributed by atoms with Crippen LogP contribution in [0.4, 0.5) is 16.2 Å². The summed E-state index contributed by atoms with van der Waals surface area (Å²) < 4.78 is 0. The van der Waals surface area contributed by atoms with Gasteiger partial charge in [0.2, 0.25) is 5.91 Å². The number of nitrogens with zero attached hydrogens (tertiary/aromatic N) is 1. The first-order valence-electron chi connectivity index (χ1n) is 7.31. The van der Waals surface area contributed by atoms with Crippen LogP contribution in [-0.4, -0.2) is 38.1 Å². The Morgan fingerprint density at radius 3 is 2.86 bits per heavy atom. The summed E-state index contributed by atoms with van der Waals surface area (Å²) in [7, 11) is 0. The summed E-state index contributed by atoms with van der Waals surface area (Å²) in [6.45, 7) is 6.28. The van der Waals surface area contributed by atoms with Gasteiger partial charge in [0.15, 0.2) is 0 Å². The van der Waals surface area contributed by atoms with E-state index in [4.69, 9.17) is 11.6 Å². The fraction of sp³-hybridized carbons (Fsp3) is 0.467. The number of nitrogens with one attached hydrogen (secondary N) is 3. The highest BCUT2D eigenvalue weighted by Gasteiger charge is 2.18. The van der Waals surface area contributed by atoms with Gasteiger partial charge >= 0.3 is 6.03 Å². The van der Waals surface area contributed by atoms with Crippen LogP contribution in [0, 0.1) is 5.92 Å². The van der Waals surface area contributed by atoms with Crippen LogP contribution in [0.3, 0.4) is 0 Å². The number of halogens is 1. The molecule has 0 aliphatic carbocycles. The molecule has 1 heterocycles. The third kappa shape index (κ3) is 4.53. The van der Waals surface area contributed by atoms with Crippen molar-refractivity contribution in [2.45, 2.75) is 13.8 Å². The summed E-state index contributed by atoms with van der Waals surface area (Å²) in [6, 6.07) is 5.04. The number of anilines is 2. The first-order chi connectivity index (χ1) is 10.5. The number of amides is 3. The number of urea groups is 1. The monoisotopic (exact) mass is 324 g/mol. The van der Waals surface area contributed by atoms with Gasteiger partial charge in [0.25, 0.3) is 0 Å². The van der Waals surface area contributed by atoms with Crippen LogP contribution >= 0.6 is 11.6 Å². The topological polar surface area (TPSA) is 73.5 Å². The zero-order valence-electron chi connectivity index (χ0n) is 12.8. The SMILES string of the molecule is CC(C)CNC(=O)Nc1ccc(N2CCNC(=O)C2)c(Cl)c1. The van der Waals surface area contributed by atoms with Gasteiger partial charge in [-0.15, -0.1) is 0 Å². The molecule has 1 aliphatic rings. The van der Waals surface area contributed by atoms with Crippen LogP contribution in [0.5, 0.6) is 0 Å². The average Bonchev–Trinajstić information content (AvgIpc) is 2.45. The maximum absolute atomic E-state index is 11.7. The van der Waals surface area contributed by atoms with E-state index in [0.717, 1.165) is 5.69 Å². The Morgan fingerprint density at radius 2 is 2.23 bits per heavy atom. The van der Waals surface area contributed by atoms with E-state index in [1.807, 2.05) is 24.8 Å². The minimum Gasteiger partial charge on any atom is -0.359 e. The van der Waals surface area contributed by atoms with Gasteiger partial charge in [-0.25, -0.2) is 4.79 Å². The van der Waals surface area contributed by atoms with Gasteiger partial charge in [-0.1, -0.05) is 25.4 Å². The number of piperazine rings is 1. The highest BCUT2D eigenvalue weighted by atomic mass is 35.5. The minimum atomic E-state index is -0.255. The molecule has 6 nitrogen and oxygen atoms in total. The van der Waals surface area contributed by atoms with Gasteiger partial charge in [0.1, 0.15) is 0 Å². The van der Waals surface area contributed by atoms with Crippen molar-refractivity contribution in [1.29, 1.82) is 0 Å². The highest BCUT2D eigenvalue weighted by molar-refractivity contribution is 6.33. The van der Waals surface area contributed by atoms with Crippen molar-refractivity contribution in [3.63, 3.8) is 0 Å². The Labute approximate surface area is 135 Å². The maximum atomic E-state index is 11.7. The molecule has 0 aromatic heterocycles. The molecule has 0 radical (unpaired) electrons. The molecular formula is C15H21ClN4O2. The molecule has 0 unspecified atom stereocenters. The van der Waals surface area contributed by atoms with Gasteiger partial charge in [-0.2, -0.15) is 0 Å². The molecule has 0 atom stereocenters. The van der Waals surface area contributed by atoms with Crippen LogP contribution in [-0.2, 0) is 4.79 Å². The molecular weight excluding hydrogens is 304 g/mol. The first kappa shape index (κ1) is 16.4. The molecule has 7 heteroatoms. The minimum absolute atomic E-state index is 0.0161. The van der Waals surface area contributed by atoms with E-state index < -0.39 is 0 Å². The molecule has 3 amide bonds. The summed E-state index contributed by atoms with van der Waals surface area (Å²) in [5.74, 6) is 0.375. The van der Waals surface area contributed by atoms with E-state index in [0.29, 0.717) is 42.8 Å². The van der Waals surface area contributed by atoms with Crippen LogP contribution in [0.25, 0.3) is 0 Å². The molecule has 0 saturated carbocycles. The normalized spacial score (nSPS) is 14.7. The predicted molar refractivity (Wildman–Crippen MR) is 88.5 cm³/mol. The smallest absolute Gasteiger partial charge is 0.319 e. The second-order valence-corrected chi connectivity index (χ2v) is 6.07. The van der Waals surface area contributed by atoms with Crippen LogP contribution in [0.15, 0.2) is 18.2 Å². The van der Waals surface area contributed by atoms with Gasteiger partial charge in [0.05, 0.1) is 17.3 Å². The maximum Gasteiger partial charge on any atom is 0.319 e. The molecule has 0 bridgehead atoms. The van der Waals surface area contributed by atoms with Crippen molar-refractivity contribution in [3.8, 4) is 0 Å². The van der Waals surface area contributed by atoms with Crippen LogP contribution in [0.1, 0.15) is 13.8 Å². The van der Waals surface area contributed by atoms with E-state index >= 15 is 0 Å². The van der Waals surface area contributed by atoms with Crippen molar-refractivity contribution in [2.24, 2.45) is 5.92 Å². The standard InChI is InChI=1S/C15H21ClN4O2/c1-10(2)8-18-15(22)19-11-3-4-13(12(16)7-11)20-6-5-17-14(21)9-20/h3-4,7,10H,5-6,8-9H2,1-2H3,(H,17,21)(H2,18,19,22). The molecule has 3 N–H and O–H groups in total. The van der Waals surface area contributed by atoms with E-state index in [1.54, 1.807) is 12.1 Å². The zero-order valence-corrected chi connectivity index (χ0v) is 13.5. The molecule has 1 aromatic rings. The van der Waals surface area contributed by atoms with Crippen molar-refractivity contribution in [3.05, 3.63) is 23.2 Å². The second-order valence-electron chi connectivity index (χ2n) is 5.67. The predicted octanol–water partition coefficient (Wildman–Crippen LogP) is 2.05. The van der Waals surface area contributed by atoms with Gasteiger partial charge in [-0.3, -0.25) is 4.79 Å². The number of hydrogen-bond donors (Lipinski definition) is 3. The Kier molecular flexibility index (Phi) is 5.49. The Morgan fingerprint density at radius 1 is 1.45 bits per heavy atom. The summed E-state index contributed by atoms with van der Waals surface area (Å²) in [5, 5.41) is 8.81. The zero-order chi connectivity index (χ0) is 16.1. The lowest BCUT2D eigenvalue weighted by Crippen LogP contribution is -2.47. The lowest BCUT2D eigenvalue weighted by molar-refractivity contribution is -0.120. The lowest BCUT2D eigenvalue weighted by atomic mass is 10.2. The van der Waals surface area contributed by atoms with E-state index in [2.05, 4.69) is 16.0 Å². The molecule has 0 spiro atoms. The molecule has 2 rings (SSSR count). The fourth-order valence-corrected chi connectivity index (χ4v) is 2.46. The van der Waals surface area contributed by atoms with Crippen LogP contribution in [0.2, 0.25) is 5.02 Å². The second kappa shape index (κ2) is 7.35. The number of rotatable bonds is 4. The first-order valence-corrected chi connectivity index (χ1v) is 7.69. The lowest BCUT2D eigenvalue weighted by Gasteiger charge is -2.29. The Hall–Kier alpha value is -1.95. The number of hydrogen-bond acceptors (Lipinski definition) is 3. The third-order valence-electron chi connectivity index (χ3n) is 3.26. The van der Waals surface area contributed by atoms with E-state index in [9.17, 15) is 9.59 Å². The average molecular weight is 325 g/mol. The van der Waals surface area contributed by atoms with Crippen molar-refractivity contribution in [1.82, 2.24) is 10.6 Å². The van der Waals surface area contributed by atoms with Gasteiger partial charge in [-0.05, 0) is 24.1 Å². The quantitative estimate of drug-likeness (QED) is 0.793. The Balaban J connectivity index is 2.00. The Bertz CT molecular complexity index is 562. The largest absolute Gasteiger partial charge is 0.359 e.